The highest BCUT2D eigenvalue weighted by molar-refractivity contribution is 14.0. The van der Waals surface area contributed by atoms with Crippen LogP contribution in [-0.4, -0.2) is 62.7 Å². The minimum absolute atomic E-state index is 0. The zero-order valence-electron chi connectivity index (χ0n) is 17.4. The Morgan fingerprint density at radius 3 is 2.67 bits per heavy atom. The minimum atomic E-state index is -0.357. The third-order valence-corrected chi connectivity index (χ3v) is 5.10. The van der Waals surface area contributed by atoms with E-state index in [1.54, 1.807) is 14.2 Å². The predicted molar refractivity (Wildman–Crippen MR) is 125 cm³/mol. The maximum Gasteiger partial charge on any atom is 0.324 e. The fourth-order valence-electron chi connectivity index (χ4n) is 3.54. The summed E-state index contributed by atoms with van der Waals surface area (Å²) >= 11 is 0. The Hall–Kier alpha value is -2.24. The summed E-state index contributed by atoms with van der Waals surface area (Å²) in [5, 5.41) is 8.87. The van der Waals surface area contributed by atoms with Crippen LogP contribution in [0.5, 0.6) is 11.5 Å². The number of aliphatic imine (C=N–C) groups is 1. The van der Waals surface area contributed by atoms with Crippen molar-refractivity contribution in [3.8, 4) is 11.5 Å². The molecule has 1 heterocycles. The first-order chi connectivity index (χ1) is 14.1. The molecule has 30 heavy (non-hydrogen) atoms. The van der Waals surface area contributed by atoms with Gasteiger partial charge >= 0.3 is 6.03 Å². The molecular formula is C20H30IN5O4. The van der Waals surface area contributed by atoms with Crippen LogP contribution in [0.4, 0.5) is 4.79 Å². The van der Waals surface area contributed by atoms with Crippen LogP contribution in [0.1, 0.15) is 31.2 Å². The number of methoxy groups -OCH3 is 1. The highest BCUT2D eigenvalue weighted by atomic mass is 127. The van der Waals surface area contributed by atoms with Gasteiger partial charge in [0.15, 0.2) is 17.5 Å². The Morgan fingerprint density at radius 2 is 2.03 bits per heavy atom. The van der Waals surface area contributed by atoms with E-state index in [1.807, 2.05) is 18.2 Å². The number of nitrogens with zero attached hydrogens (tertiary/aromatic N) is 2. The van der Waals surface area contributed by atoms with Gasteiger partial charge in [-0.2, -0.15) is 0 Å². The summed E-state index contributed by atoms with van der Waals surface area (Å²) in [5.74, 6) is 1.85. The van der Waals surface area contributed by atoms with Crippen molar-refractivity contribution in [3.05, 3.63) is 23.8 Å². The molecule has 10 heteroatoms. The van der Waals surface area contributed by atoms with Gasteiger partial charge in [0.1, 0.15) is 0 Å². The fraction of sp³-hybridized carbons (Fsp3) is 0.550. The fourth-order valence-corrected chi connectivity index (χ4v) is 3.54. The molecule has 1 saturated heterocycles. The lowest BCUT2D eigenvalue weighted by Gasteiger charge is -2.20. The summed E-state index contributed by atoms with van der Waals surface area (Å²) in [5.41, 5.74) is 0.980. The Kier molecular flexibility index (Phi) is 9.47. The number of para-hydroxylation sites is 1. The zero-order chi connectivity index (χ0) is 20.6. The van der Waals surface area contributed by atoms with Crippen molar-refractivity contribution in [2.24, 2.45) is 4.99 Å². The van der Waals surface area contributed by atoms with Crippen LogP contribution in [-0.2, 0) is 11.3 Å². The summed E-state index contributed by atoms with van der Waals surface area (Å²) < 4.78 is 11.8. The van der Waals surface area contributed by atoms with Gasteiger partial charge in [0.05, 0.1) is 19.8 Å². The number of hydrogen-bond donors (Lipinski definition) is 3. The minimum Gasteiger partial charge on any atom is -0.493 e. The van der Waals surface area contributed by atoms with E-state index in [2.05, 4.69) is 20.9 Å². The number of halogens is 1. The molecule has 0 aromatic heterocycles. The number of amides is 3. The smallest absolute Gasteiger partial charge is 0.324 e. The first-order valence-electron chi connectivity index (χ1n) is 9.97. The molecular weight excluding hydrogens is 501 g/mol. The lowest BCUT2D eigenvalue weighted by atomic mass is 10.1. The van der Waals surface area contributed by atoms with E-state index in [0.717, 1.165) is 29.9 Å². The lowest BCUT2D eigenvalue weighted by Crippen LogP contribution is -2.43. The summed E-state index contributed by atoms with van der Waals surface area (Å²) in [6.07, 6.45) is 4.75. The molecule has 3 amide bonds. The van der Waals surface area contributed by atoms with Crippen molar-refractivity contribution >= 4 is 41.9 Å². The highest BCUT2D eigenvalue weighted by Crippen LogP contribution is 2.34. The van der Waals surface area contributed by atoms with Gasteiger partial charge in [0.2, 0.25) is 5.91 Å². The van der Waals surface area contributed by atoms with Crippen LogP contribution in [0.2, 0.25) is 0 Å². The van der Waals surface area contributed by atoms with Crippen molar-refractivity contribution in [1.29, 1.82) is 0 Å². The molecule has 2 fully saturated rings. The molecule has 2 aliphatic rings. The monoisotopic (exact) mass is 531 g/mol. The molecule has 0 bridgehead atoms. The van der Waals surface area contributed by atoms with Gasteiger partial charge in [-0.3, -0.25) is 14.7 Å². The summed E-state index contributed by atoms with van der Waals surface area (Å²) in [4.78, 5) is 28.6. The van der Waals surface area contributed by atoms with Crippen LogP contribution in [0, 0.1) is 0 Å². The molecule has 1 aliphatic heterocycles. The molecule has 0 radical (unpaired) electrons. The number of guanidine groups is 1. The molecule has 166 valence electrons. The number of ether oxygens (including phenoxy) is 2. The number of nitrogens with one attached hydrogen (secondary N) is 3. The van der Waals surface area contributed by atoms with Gasteiger partial charge in [-0.1, -0.05) is 12.1 Å². The zero-order valence-corrected chi connectivity index (χ0v) is 19.7. The van der Waals surface area contributed by atoms with Crippen molar-refractivity contribution in [3.63, 3.8) is 0 Å². The Morgan fingerprint density at radius 1 is 1.27 bits per heavy atom. The van der Waals surface area contributed by atoms with Gasteiger partial charge in [-0.25, -0.2) is 4.79 Å². The number of urea groups is 1. The van der Waals surface area contributed by atoms with E-state index >= 15 is 0 Å². The Labute approximate surface area is 194 Å². The van der Waals surface area contributed by atoms with E-state index < -0.39 is 0 Å². The molecule has 1 aromatic carbocycles. The maximum absolute atomic E-state index is 11.6. The first kappa shape index (κ1) is 24.0. The average Bonchev–Trinajstić information content (AvgIpc) is 3.36. The first-order valence-corrected chi connectivity index (χ1v) is 9.97. The number of rotatable bonds is 8. The van der Waals surface area contributed by atoms with Gasteiger partial charge in [-0.15, -0.1) is 24.0 Å². The molecule has 3 rings (SSSR count). The summed E-state index contributed by atoms with van der Waals surface area (Å²) in [6, 6.07) is 5.48. The SMILES string of the molecule is CN=C(NCCN1C(=O)CNC1=O)NCc1cccc(OC)c1OC1CCCC1.I. The molecule has 1 aliphatic carbocycles. The summed E-state index contributed by atoms with van der Waals surface area (Å²) in [7, 11) is 3.31. The standard InChI is InChI=1S/C20H29N5O4.HI/c1-21-19(22-10-11-25-17(26)13-24-20(25)27)23-12-14-6-5-9-16(28-2)18(14)29-15-7-3-4-8-15;/h5-6,9,15H,3-4,7-8,10-13H2,1-2H3,(H,24,27)(H2,21,22,23);1H. The molecule has 9 nitrogen and oxygen atoms in total. The van der Waals surface area contributed by atoms with Crippen LogP contribution in [0.25, 0.3) is 0 Å². The van der Waals surface area contributed by atoms with Crippen LogP contribution >= 0.6 is 24.0 Å². The van der Waals surface area contributed by atoms with Gasteiger partial charge in [0.25, 0.3) is 0 Å². The van der Waals surface area contributed by atoms with Crippen LogP contribution in [0.3, 0.4) is 0 Å². The molecule has 3 N–H and O–H groups in total. The summed E-state index contributed by atoms with van der Waals surface area (Å²) in [6.45, 7) is 1.25. The van der Waals surface area contributed by atoms with Crippen LogP contribution < -0.4 is 25.4 Å². The largest absolute Gasteiger partial charge is 0.493 e. The average molecular weight is 531 g/mol. The van der Waals surface area contributed by atoms with E-state index in [-0.39, 0.29) is 55.1 Å². The number of benzene rings is 1. The predicted octanol–water partition coefficient (Wildman–Crippen LogP) is 1.85. The quantitative estimate of drug-likeness (QED) is 0.205. The van der Waals surface area contributed by atoms with Crippen molar-refractivity contribution < 1.29 is 19.1 Å². The van der Waals surface area contributed by atoms with Gasteiger partial charge in [0, 0.05) is 32.2 Å². The van der Waals surface area contributed by atoms with Gasteiger partial charge in [-0.05, 0) is 31.7 Å². The third-order valence-electron chi connectivity index (χ3n) is 5.10. The van der Waals surface area contributed by atoms with Crippen molar-refractivity contribution in [2.45, 2.75) is 38.3 Å². The molecule has 1 saturated carbocycles. The molecule has 0 unspecified atom stereocenters. The topological polar surface area (TPSA) is 104 Å². The van der Waals surface area contributed by atoms with Crippen molar-refractivity contribution in [2.75, 3.05) is 33.8 Å². The van der Waals surface area contributed by atoms with Gasteiger partial charge < -0.3 is 25.4 Å². The Bertz CT molecular complexity index is 752. The second kappa shape index (κ2) is 11.8. The molecule has 0 spiro atoms. The van der Waals surface area contributed by atoms with E-state index in [9.17, 15) is 9.59 Å². The van der Waals surface area contributed by atoms with E-state index in [4.69, 9.17) is 9.47 Å². The maximum atomic E-state index is 11.6. The van der Waals surface area contributed by atoms with E-state index in [1.165, 1.54) is 17.7 Å². The molecule has 0 atom stereocenters. The second-order valence-corrected chi connectivity index (χ2v) is 7.03. The molecule has 1 aromatic rings. The second-order valence-electron chi connectivity index (χ2n) is 7.03. The normalized spacial score (nSPS) is 16.9. The van der Waals surface area contributed by atoms with Crippen LogP contribution in [0.15, 0.2) is 23.2 Å². The lowest BCUT2D eigenvalue weighted by molar-refractivity contribution is -0.124. The number of carbonyl (C=O) groups is 2. The van der Waals surface area contributed by atoms with E-state index in [0.29, 0.717) is 19.0 Å². The number of carbonyl (C=O) groups excluding carboxylic acids is 2. The van der Waals surface area contributed by atoms with Crippen molar-refractivity contribution in [1.82, 2.24) is 20.9 Å². The third kappa shape index (κ3) is 6.13. The number of hydrogen-bond acceptors (Lipinski definition) is 5. The Balaban J connectivity index is 0.00000320. The highest BCUT2D eigenvalue weighted by Gasteiger charge is 2.27. The number of imide groups is 1.